The molecule has 1 atom stereocenters. The maximum atomic E-state index is 11.8. The fraction of sp³-hybridized carbons (Fsp3) is 0.375. The van der Waals surface area contributed by atoms with E-state index in [0.29, 0.717) is 16.8 Å². The summed E-state index contributed by atoms with van der Waals surface area (Å²) in [7, 11) is 1.65. The van der Waals surface area contributed by atoms with Gasteiger partial charge in [-0.15, -0.1) is 0 Å². The van der Waals surface area contributed by atoms with Crippen molar-refractivity contribution < 1.29 is 4.74 Å². The van der Waals surface area contributed by atoms with Crippen molar-refractivity contribution in [3.8, 4) is 5.75 Å². The van der Waals surface area contributed by atoms with Gasteiger partial charge in [-0.2, -0.15) is 0 Å². The second-order valence-corrected chi connectivity index (χ2v) is 6.29. The van der Waals surface area contributed by atoms with Gasteiger partial charge in [-0.3, -0.25) is 4.79 Å². The highest BCUT2D eigenvalue weighted by Gasteiger charge is 2.09. The Kier molecular flexibility index (Phi) is 5.44. The maximum absolute atomic E-state index is 11.8. The van der Waals surface area contributed by atoms with Gasteiger partial charge in [0.1, 0.15) is 5.75 Å². The van der Waals surface area contributed by atoms with Crippen molar-refractivity contribution in [2.24, 2.45) is 0 Å². The van der Waals surface area contributed by atoms with E-state index in [0.717, 1.165) is 23.4 Å². The number of H-pyrrole nitrogens is 1. The highest BCUT2D eigenvalue weighted by molar-refractivity contribution is 7.99. The minimum absolute atomic E-state index is 0.110. The lowest BCUT2D eigenvalue weighted by atomic mass is 10.1. The Hall–Kier alpha value is -1.75. The SMILES string of the molecule is CCC(C)Sc1nc(Cc2ccccc2OC)cc(=O)[nH]1. The third kappa shape index (κ3) is 4.36. The number of rotatable bonds is 6. The largest absolute Gasteiger partial charge is 0.496 e. The van der Waals surface area contributed by atoms with E-state index in [1.165, 1.54) is 0 Å². The minimum atomic E-state index is -0.110. The van der Waals surface area contributed by atoms with Crippen molar-refractivity contribution in [1.29, 1.82) is 0 Å². The first kappa shape index (κ1) is 15.6. The van der Waals surface area contributed by atoms with Gasteiger partial charge < -0.3 is 9.72 Å². The van der Waals surface area contributed by atoms with Crippen LogP contribution in [-0.4, -0.2) is 22.3 Å². The van der Waals surface area contributed by atoms with Crippen molar-refractivity contribution in [3.63, 3.8) is 0 Å². The van der Waals surface area contributed by atoms with Crippen LogP contribution >= 0.6 is 11.8 Å². The second-order valence-electron chi connectivity index (χ2n) is 4.87. The molecule has 112 valence electrons. The summed E-state index contributed by atoms with van der Waals surface area (Å²) in [5.41, 5.74) is 1.67. The molecule has 1 unspecified atom stereocenters. The van der Waals surface area contributed by atoms with Gasteiger partial charge in [0.15, 0.2) is 5.16 Å². The molecule has 0 bridgehead atoms. The Morgan fingerprint density at radius 1 is 1.38 bits per heavy atom. The van der Waals surface area contributed by atoms with Gasteiger partial charge in [-0.25, -0.2) is 4.98 Å². The molecule has 2 aromatic rings. The zero-order valence-corrected chi connectivity index (χ0v) is 13.4. The number of hydrogen-bond acceptors (Lipinski definition) is 4. The molecule has 21 heavy (non-hydrogen) atoms. The number of aromatic amines is 1. The predicted octanol–water partition coefficient (Wildman–Crippen LogP) is 3.26. The summed E-state index contributed by atoms with van der Waals surface area (Å²) < 4.78 is 5.34. The van der Waals surface area contributed by atoms with Crippen LogP contribution in [0.25, 0.3) is 0 Å². The van der Waals surface area contributed by atoms with Crippen LogP contribution in [0.2, 0.25) is 0 Å². The molecule has 0 aliphatic rings. The summed E-state index contributed by atoms with van der Waals surface area (Å²) in [6.45, 7) is 4.24. The summed E-state index contributed by atoms with van der Waals surface area (Å²) in [4.78, 5) is 19.1. The number of methoxy groups -OCH3 is 1. The number of thioether (sulfide) groups is 1. The number of aromatic nitrogens is 2. The molecule has 0 saturated carbocycles. The Labute approximate surface area is 129 Å². The van der Waals surface area contributed by atoms with Gasteiger partial charge in [0.25, 0.3) is 5.56 Å². The molecule has 0 amide bonds. The summed E-state index contributed by atoms with van der Waals surface area (Å²) in [6, 6.07) is 9.34. The Morgan fingerprint density at radius 3 is 2.86 bits per heavy atom. The van der Waals surface area contributed by atoms with Crippen LogP contribution in [0.4, 0.5) is 0 Å². The summed E-state index contributed by atoms with van der Waals surface area (Å²) in [6.07, 6.45) is 1.62. The first-order valence-electron chi connectivity index (χ1n) is 7.01. The smallest absolute Gasteiger partial charge is 0.251 e. The van der Waals surface area contributed by atoms with E-state index in [4.69, 9.17) is 4.74 Å². The molecule has 2 rings (SSSR count). The normalized spacial score (nSPS) is 12.1. The molecule has 1 heterocycles. The number of para-hydroxylation sites is 1. The third-order valence-corrected chi connectivity index (χ3v) is 4.38. The molecule has 0 saturated heterocycles. The van der Waals surface area contributed by atoms with E-state index < -0.39 is 0 Å². The monoisotopic (exact) mass is 304 g/mol. The highest BCUT2D eigenvalue weighted by Crippen LogP contribution is 2.23. The van der Waals surface area contributed by atoms with Crippen LogP contribution in [0.3, 0.4) is 0 Å². The van der Waals surface area contributed by atoms with Crippen molar-refractivity contribution in [2.45, 2.75) is 37.1 Å². The molecule has 1 N–H and O–H groups in total. The number of nitrogens with zero attached hydrogens (tertiary/aromatic N) is 1. The van der Waals surface area contributed by atoms with Gasteiger partial charge in [-0.05, 0) is 12.5 Å². The predicted molar refractivity (Wildman–Crippen MR) is 86.3 cm³/mol. The van der Waals surface area contributed by atoms with E-state index >= 15 is 0 Å². The Bertz CT molecular complexity index is 655. The lowest BCUT2D eigenvalue weighted by Gasteiger charge is -2.10. The quantitative estimate of drug-likeness (QED) is 0.657. The topological polar surface area (TPSA) is 55.0 Å². The molecule has 4 nitrogen and oxygen atoms in total. The summed E-state index contributed by atoms with van der Waals surface area (Å²) >= 11 is 1.59. The van der Waals surface area contributed by atoms with Crippen LogP contribution in [0.1, 0.15) is 31.5 Å². The Balaban J connectivity index is 2.26. The van der Waals surface area contributed by atoms with Crippen molar-refractivity contribution in [1.82, 2.24) is 9.97 Å². The molecule has 5 heteroatoms. The van der Waals surface area contributed by atoms with E-state index in [9.17, 15) is 4.79 Å². The van der Waals surface area contributed by atoms with Gasteiger partial charge in [-0.1, -0.05) is 43.8 Å². The number of hydrogen-bond donors (Lipinski definition) is 1. The molecular weight excluding hydrogens is 284 g/mol. The summed E-state index contributed by atoms with van der Waals surface area (Å²) in [5, 5.41) is 1.11. The molecular formula is C16H20N2O2S. The lowest BCUT2D eigenvalue weighted by molar-refractivity contribution is 0.410. The molecule has 0 spiro atoms. The van der Waals surface area contributed by atoms with Crippen molar-refractivity contribution in [2.75, 3.05) is 7.11 Å². The molecule has 1 aromatic heterocycles. The first-order chi connectivity index (χ1) is 10.1. The van der Waals surface area contributed by atoms with Gasteiger partial charge in [0.2, 0.25) is 0 Å². The maximum Gasteiger partial charge on any atom is 0.251 e. The van der Waals surface area contributed by atoms with Crippen LogP contribution in [0.5, 0.6) is 5.75 Å². The first-order valence-corrected chi connectivity index (χ1v) is 7.89. The standard InChI is InChI=1S/C16H20N2O2S/c1-4-11(2)21-16-17-13(10-15(19)18-16)9-12-7-5-6-8-14(12)20-3/h5-8,10-11H,4,9H2,1-3H3,(H,17,18,19). The third-order valence-electron chi connectivity index (χ3n) is 3.22. The van der Waals surface area contributed by atoms with Crippen molar-refractivity contribution >= 4 is 11.8 Å². The van der Waals surface area contributed by atoms with Crippen molar-refractivity contribution in [3.05, 3.63) is 51.9 Å². The van der Waals surface area contributed by atoms with E-state index in [1.807, 2.05) is 24.3 Å². The van der Waals surface area contributed by atoms with Gasteiger partial charge in [0, 0.05) is 23.3 Å². The average molecular weight is 304 g/mol. The fourth-order valence-electron chi connectivity index (χ4n) is 1.95. The highest BCUT2D eigenvalue weighted by atomic mass is 32.2. The number of ether oxygens (including phenoxy) is 1. The van der Waals surface area contributed by atoms with Crippen LogP contribution in [0, 0.1) is 0 Å². The van der Waals surface area contributed by atoms with E-state index in [2.05, 4.69) is 23.8 Å². The molecule has 0 fully saturated rings. The van der Waals surface area contributed by atoms with Crippen LogP contribution in [-0.2, 0) is 6.42 Å². The second kappa shape index (κ2) is 7.31. The van der Waals surface area contributed by atoms with Gasteiger partial charge >= 0.3 is 0 Å². The van der Waals surface area contributed by atoms with E-state index in [1.54, 1.807) is 24.9 Å². The Morgan fingerprint density at radius 2 is 2.14 bits per heavy atom. The average Bonchev–Trinajstić information content (AvgIpc) is 2.47. The molecule has 0 aliphatic carbocycles. The number of nitrogens with one attached hydrogen (secondary N) is 1. The van der Waals surface area contributed by atoms with Crippen LogP contribution in [0.15, 0.2) is 40.3 Å². The molecule has 0 radical (unpaired) electrons. The van der Waals surface area contributed by atoms with Crippen LogP contribution < -0.4 is 10.3 Å². The lowest BCUT2D eigenvalue weighted by Crippen LogP contribution is -2.11. The number of benzene rings is 1. The zero-order chi connectivity index (χ0) is 15.2. The fourth-order valence-corrected chi connectivity index (χ4v) is 2.83. The summed E-state index contributed by atoms with van der Waals surface area (Å²) in [5.74, 6) is 0.815. The molecule has 0 aliphatic heterocycles. The minimum Gasteiger partial charge on any atom is -0.496 e. The molecule has 1 aromatic carbocycles. The van der Waals surface area contributed by atoms with Gasteiger partial charge in [0.05, 0.1) is 12.8 Å². The van der Waals surface area contributed by atoms with E-state index in [-0.39, 0.29) is 5.56 Å². The zero-order valence-electron chi connectivity index (χ0n) is 12.6.